The van der Waals surface area contributed by atoms with Crippen LogP contribution in [0.25, 0.3) is 11.4 Å². The summed E-state index contributed by atoms with van der Waals surface area (Å²) < 4.78 is 10.9. The fourth-order valence-electron chi connectivity index (χ4n) is 5.38. The van der Waals surface area contributed by atoms with E-state index < -0.39 is 0 Å². The van der Waals surface area contributed by atoms with Crippen LogP contribution in [0.3, 0.4) is 0 Å². The molecular weight excluding hydrogens is 478 g/mol. The van der Waals surface area contributed by atoms with Crippen LogP contribution in [-0.4, -0.2) is 72.2 Å². The normalized spacial score (nSPS) is 19.0. The van der Waals surface area contributed by atoms with E-state index in [-0.39, 0.29) is 17.2 Å². The molecule has 2 aromatic carbocycles. The quantitative estimate of drug-likeness (QED) is 0.473. The average Bonchev–Trinajstić information content (AvgIpc) is 3.41. The van der Waals surface area contributed by atoms with E-state index in [0.29, 0.717) is 18.3 Å². The molecule has 1 aromatic heterocycles. The van der Waals surface area contributed by atoms with Crippen LogP contribution in [0.4, 0.5) is 5.69 Å². The summed E-state index contributed by atoms with van der Waals surface area (Å²) >= 11 is 0. The molecule has 5 rings (SSSR count). The van der Waals surface area contributed by atoms with Crippen molar-refractivity contribution in [3.63, 3.8) is 0 Å². The maximum Gasteiger partial charge on any atom is 0.241 e. The van der Waals surface area contributed by atoms with Gasteiger partial charge in [-0.2, -0.15) is 4.98 Å². The first-order chi connectivity index (χ1) is 18.3. The van der Waals surface area contributed by atoms with Crippen molar-refractivity contribution in [2.75, 3.05) is 51.3 Å². The molecule has 1 atom stereocenters. The van der Waals surface area contributed by atoms with Crippen molar-refractivity contribution >= 4 is 11.6 Å². The summed E-state index contributed by atoms with van der Waals surface area (Å²) in [6.07, 6.45) is 1.93. The lowest BCUT2D eigenvalue weighted by molar-refractivity contribution is -0.137. The predicted octanol–water partition coefficient (Wildman–Crippen LogP) is 4.60. The number of anilines is 1. The second-order valence-corrected chi connectivity index (χ2v) is 11.4. The van der Waals surface area contributed by atoms with Gasteiger partial charge in [-0.15, -0.1) is 0 Å². The van der Waals surface area contributed by atoms with E-state index in [4.69, 9.17) is 9.26 Å². The number of hydrogen-bond donors (Lipinski definition) is 0. The first-order valence-electron chi connectivity index (χ1n) is 13.6. The number of piperazine rings is 1. The Balaban J connectivity index is 1.13. The molecule has 1 amide bonds. The fourth-order valence-corrected chi connectivity index (χ4v) is 5.38. The third-order valence-corrected chi connectivity index (χ3v) is 7.72. The molecule has 1 unspecified atom stereocenters. The predicted molar refractivity (Wildman–Crippen MR) is 148 cm³/mol. The Morgan fingerprint density at radius 3 is 2.37 bits per heavy atom. The highest BCUT2D eigenvalue weighted by Crippen LogP contribution is 2.26. The number of piperidine rings is 1. The van der Waals surface area contributed by atoms with Gasteiger partial charge in [0.15, 0.2) is 0 Å². The molecule has 0 aliphatic carbocycles. The molecule has 38 heavy (non-hydrogen) atoms. The molecule has 202 valence electrons. The molecule has 8 nitrogen and oxygen atoms in total. The minimum atomic E-state index is 0.0172. The molecule has 0 N–H and O–H groups in total. The van der Waals surface area contributed by atoms with Crippen LogP contribution in [0.1, 0.15) is 45.1 Å². The number of ether oxygens (including phenoxy) is 1. The van der Waals surface area contributed by atoms with Gasteiger partial charge in [0.05, 0.1) is 19.6 Å². The molecule has 8 heteroatoms. The summed E-state index contributed by atoms with van der Waals surface area (Å²) in [5.41, 5.74) is 3.50. The molecule has 0 radical (unpaired) electrons. The minimum Gasteiger partial charge on any atom is -0.497 e. The fraction of sp³-hybridized carbons (Fsp3) is 0.500. The van der Waals surface area contributed by atoms with Gasteiger partial charge < -0.3 is 19.1 Å². The summed E-state index contributed by atoms with van der Waals surface area (Å²) in [7, 11) is 1.68. The van der Waals surface area contributed by atoms with Crippen LogP contribution in [0.5, 0.6) is 5.75 Å². The van der Waals surface area contributed by atoms with E-state index in [1.807, 2.05) is 17.0 Å². The van der Waals surface area contributed by atoms with Gasteiger partial charge in [-0.05, 0) is 54.6 Å². The zero-order valence-electron chi connectivity index (χ0n) is 23.0. The Kier molecular flexibility index (Phi) is 7.70. The molecule has 2 aliphatic rings. The van der Waals surface area contributed by atoms with Crippen LogP contribution in [0, 0.1) is 5.92 Å². The zero-order valence-corrected chi connectivity index (χ0v) is 23.0. The number of hydrogen-bond acceptors (Lipinski definition) is 7. The lowest BCUT2D eigenvalue weighted by Crippen LogP contribution is -2.52. The molecule has 3 aromatic rings. The number of carbonyl (C=O) groups is 1. The number of carbonyl (C=O) groups excluding carboxylic acids is 1. The van der Waals surface area contributed by atoms with Gasteiger partial charge in [-0.3, -0.25) is 9.69 Å². The van der Waals surface area contributed by atoms with Gasteiger partial charge in [0.2, 0.25) is 17.6 Å². The molecule has 2 fully saturated rings. The smallest absolute Gasteiger partial charge is 0.241 e. The monoisotopic (exact) mass is 517 g/mol. The number of nitrogens with zero attached hydrogens (tertiary/aromatic N) is 5. The Labute approximate surface area is 225 Å². The van der Waals surface area contributed by atoms with E-state index in [9.17, 15) is 4.79 Å². The largest absolute Gasteiger partial charge is 0.497 e. The van der Waals surface area contributed by atoms with Crippen molar-refractivity contribution in [3.05, 3.63) is 60.0 Å². The van der Waals surface area contributed by atoms with Gasteiger partial charge in [0.1, 0.15) is 5.75 Å². The average molecular weight is 518 g/mol. The van der Waals surface area contributed by atoms with Crippen LogP contribution in [-0.2, 0) is 16.8 Å². The topological polar surface area (TPSA) is 74.9 Å². The SMILES string of the molecule is COc1ccc(N2CCN(C(=O)C3CCCN(Cc4nc(-c5ccc(C(C)(C)C)cc5)no4)C3)CC2)cc1. The number of aromatic nitrogens is 2. The summed E-state index contributed by atoms with van der Waals surface area (Å²) in [6.45, 7) is 12.0. The van der Waals surface area contributed by atoms with Crippen molar-refractivity contribution in [2.45, 2.75) is 45.6 Å². The maximum absolute atomic E-state index is 13.4. The van der Waals surface area contributed by atoms with Gasteiger partial charge in [0.25, 0.3) is 0 Å². The highest BCUT2D eigenvalue weighted by molar-refractivity contribution is 5.79. The van der Waals surface area contributed by atoms with E-state index >= 15 is 0 Å². The van der Waals surface area contributed by atoms with Crippen LogP contribution in [0.2, 0.25) is 0 Å². The van der Waals surface area contributed by atoms with Crippen molar-refractivity contribution in [1.29, 1.82) is 0 Å². The molecular formula is C30H39N5O3. The lowest BCUT2D eigenvalue weighted by Gasteiger charge is -2.39. The summed E-state index contributed by atoms with van der Waals surface area (Å²) in [5, 5.41) is 4.21. The maximum atomic E-state index is 13.4. The zero-order chi connectivity index (χ0) is 26.7. The summed E-state index contributed by atoms with van der Waals surface area (Å²) in [4.78, 5) is 24.7. The van der Waals surface area contributed by atoms with Gasteiger partial charge in [0, 0.05) is 44.0 Å². The molecule has 0 saturated carbocycles. The number of methoxy groups -OCH3 is 1. The minimum absolute atomic E-state index is 0.0172. The van der Waals surface area contributed by atoms with Crippen molar-refractivity contribution in [2.24, 2.45) is 5.92 Å². The van der Waals surface area contributed by atoms with E-state index in [1.165, 1.54) is 11.3 Å². The standard InChI is InChI=1S/C30H39N5O3/c1-30(2,3)24-9-7-22(8-10-24)28-31-27(38-32-28)21-33-15-5-6-23(20-33)29(36)35-18-16-34(17-19-35)25-11-13-26(37-4)14-12-25/h7-14,23H,5-6,15-21H2,1-4H3. The van der Waals surface area contributed by atoms with Gasteiger partial charge >= 0.3 is 0 Å². The number of likely N-dealkylation sites (tertiary alicyclic amines) is 1. The molecule has 0 bridgehead atoms. The van der Waals surface area contributed by atoms with Crippen molar-refractivity contribution in [1.82, 2.24) is 19.9 Å². The highest BCUT2D eigenvalue weighted by atomic mass is 16.5. The third-order valence-electron chi connectivity index (χ3n) is 7.72. The Hall–Kier alpha value is -3.39. The number of benzene rings is 2. The number of amides is 1. The molecule has 0 spiro atoms. The molecule has 2 saturated heterocycles. The lowest BCUT2D eigenvalue weighted by atomic mass is 9.87. The Bertz CT molecular complexity index is 1210. The second-order valence-electron chi connectivity index (χ2n) is 11.4. The van der Waals surface area contributed by atoms with E-state index in [1.54, 1.807) is 7.11 Å². The van der Waals surface area contributed by atoms with E-state index in [2.05, 4.69) is 77.1 Å². The van der Waals surface area contributed by atoms with Crippen molar-refractivity contribution in [3.8, 4) is 17.1 Å². The summed E-state index contributed by atoms with van der Waals surface area (Å²) in [6, 6.07) is 16.5. The van der Waals surface area contributed by atoms with Gasteiger partial charge in [-0.25, -0.2) is 0 Å². The van der Waals surface area contributed by atoms with Crippen LogP contribution < -0.4 is 9.64 Å². The van der Waals surface area contributed by atoms with Crippen molar-refractivity contribution < 1.29 is 14.1 Å². The third kappa shape index (κ3) is 6.01. The Morgan fingerprint density at radius 1 is 1.00 bits per heavy atom. The van der Waals surface area contributed by atoms with Crippen LogP contribution in [0.15, 0.2) is 53.1 Å². The number of rotatable bonds is 6. The summed E-state index contributed by atoms with van der Waals surface area (Å²) in [5.74, 6) is 2.36. The van der Waals surface area contributed by atoms with Crippen LogP contribution >= 0.6 is 0 Å². The first kappa shape index (κ1) is 26.2. The highest BCUT2D eigenvalue weighted by Gasteiger charge is 2.31. The Morgan fingerprint density at radius 2 is 1.71 bits per heavy atom. The molecule has 2 aliphatic heterocycles. The van der Waals surface area contributed by atoms with Gasteiger partial charge in [-0.1, -0.05) is 50.2 Å². The first-order valence-corrected chi connectivity index (χ1v) is 13.6. The van der Waals surface area contributed by atoms with E-state index in [0.717, 1.165) is 63.4 Å². The second kappa shape index (κ2) is 11.2. The molecule has 3 heterocycles.